The lowest BCUT2D eigenvalue weighted by Crippen LogP contribution is -2.11. The molecule has 3 aromatic rings. The summed E-state index contributed by atoms with van der Waals surface area (Å²) in [7, 11) is 1.66. The number of thiazole rings is 1. The van der Waals surface area contributed by atoms with Gasteiger partial charge in [0, 0.05) is 20.5 Å². The Balaban J connectivity index is 1.63. The van der Waals surface area contributed by atoms with Crippen molar-refractivity contribution in [1.82, 2.24) is 4.98 Å². The fraction of sp³-hybridized carbons (Fsp3) is 0.158. The Kier molecular flexibility index (Phi) is 4.31. The van der Waals surface area contributed by atoms with E-state index in [0.717, 1.165) is 34.3 Å². The van der Waals surface area contributed by atoms with E-state index in [4.69, 9.17) is 4.74 Å². The van der Waals surface area contributed by atoms with Crippen LogP contribution in [0.15, 0.2) is 46.9 Å². The SMILES string of the molecule is COc1ccc2c(c1)-c1nc(NC(=O)c3ccc(Br)cc3)sc1CC2. The van der Waals surface area contributed by atoms with Crippen LogP contribution in [0, 0.1) is 0 Å². The van der Waals surface area contributed by atoms with Gasteiger partial charge in [0.25, 0.3) is 5.91 Å². The zero-order valence-corrected chi connectivity index (χ0v) is 15.9. The molecular weight excluding hydrogens is 400 g/mol. The quantitative estimate of drug-likeness (QED) is 0.660. The van der Waals surface area contributed by atoms with Crippen LogP contribution < -0.4 is 10.1 Å². The zero-order valence-electron chi connectivity index (χ0n) is 13.5. The number of hydrogen-bond donors (Lipinski definition) is 1. The molecule has 1 N–H and O–H groups in total. The molecule has 1 aromatic heterocycles. The molecule has 0 unspecified atom stereocenters. The highest BCUT2D eigenvalue weighted by Gasteiger charge is 2.22. The predicted octanol–water partition coefficient (Wildman–Crippen LogP) is 4.93. The van der Waals surface area contributed by atoms with Gasteiger partial charge in [-0.15, -0.1) is 11.3 Å². The van der Waals surface area contributed by atoms with Crippen LogP contribution in [-0.4, -0.2) is 18.0 Å². The van der Waals surface area contributed by atoms with E-state index in [-0.39, 0.29) is 5.91 Å². The first-order chi connectivity index (χ1) is 12.1. The Morgan fingerprint density at radius 3 is 2.76 bits per heavy atom. The molecule has 0 saturated carbocycles. The maximum Gasteiger partial charge on any atom is 0.257 e. The summed E-state index contributed by atoms with van der Waals surface area (Å²) in [6.45, 7) is 0. The summed E-state index contributed by atoms with van der Waals surface area (Å²) >= 11 is 4.92. The molecule has 1 amide bonds. The number of rotatable bonds is 3. The van der Waals surface area contributed by atoms with Crippen LogP contribution in [0.3, 0.4) is 0 Å². The van der Waals surface area contributed by atoms with E-state index in [1.165, 1.54) is 10.4 Å². The molecule has 2 aromatic carbocycles. The lowest BCUT2D eigenvalue weighted by atomic mass is 9.93. The Morgan fingerprint density at radius 2 is 2.00 bits per heavy atom. The first-order valence-electron chi connectivity index (χ1n) is 7.88. The summed E-state index contributed by atoms with van der Waals surface area (Å²) in [4.78, 5) is 18.3. The molecule has 0 saturated heterocycles. The van der Waals surface area contributed by atoms with Crippen LogP contribution in [0.1, 0.15) is 20.8 Å². The first kappa shape index (κ1) is 16.3. The number of halogens is 1. The first-order valence-corrected chi connectivity index (χ1v) is 9.49. The molecule has 0 bridgehead atoms. The second-order valence-electron chi connectivity index (χ2n) is 5.77. The van der Waals surface area contributed by atoms with Gasteiger partial charge in [-0.05, 0) is 54.8 Å². The number of benzene rings is 2. The molecule has 0 aliphatic heterocycles. The highest BCUT2D eigenvalue weighted by Crippen LogP contribution is 2.39. The van der Waals surface area contributed by atoms with Crippen molar-refractivity contribution >= 4 is 38.3 Å². The Hall–Kier alpha value is -2.18. The van der Waals surface area contributed by atoms with Gasteiger partial charge < -0.3 is 4.74 Å². The fourth-order valence-corrected chi connectivity index (χ4v) is 4.16. The third-order valence-electron chi connectivity index (χ3n) is 4.22. The molecule has 0 atom stereocenters. The van der Waals surface area contributed by atoms with E-state index < -0.39 is 0 Å². The van der Waals surface area contributed by atoms with Crippen molar-refractivity contribution in [3.8, 4) is 17.0 Å². The molecule has 25 heavy (non-hydrogen) atoms. The molecule has 4 rings (SSSR count). The third-order valence-corrected chi connectivity index (χ3v) is 5.78. The van der Waals surface area contributed by atoms with Gasteiger partial charge in [-0.2, -0.15) is 0 Å². The highest BCUT2D eigenvalue weighted by molar-refractivity contribution is 9.10. The normalized spacial score (nSPS) is 12.2. The minimum absolute atomic E-state index is 0.149. The van der Waals surface area contributed by atoms with Crippen LogP contribution in [-0.2, 0) is 12.8 Å². The molecule has 1 aliphatic carbocycles. The van der Waals surface area contributed by atoms with Gasteiger partial charge in [-0.1, -0.05) is 22.0 Å². The molecule has 0 radical (unpaired) electrons. The second-order valence-corrected chi connectivity index (χ2v) is 7.77. The minimum Gasteiger partial charge on any atom is -0.497 e. The Labute approximate surface area is 158 Å². The summed E-state index contributed by atoms with van der Waals surface area (Å²) < 4.78 is 6.28. The van der Waals surface area contributed by atoms with Gasteiger partial charge in [0.05, 0.1) is 12.8 Å². The Morgan fingerprint density at radius 1 is 1.20 bits per heavy atom. The van der Waals surface area contributed by atoms with Crippen molar-refractivity contribution in [1.29, 1.82) is 0 Å². The molecule has 6 heteroatoms. The maximum absolute atomic E-state index is 12.4. The average molecular weight is 415 g/mol. The summed E-state index contributed by atoms with van der Waals surface area (Å²) in [6.07, 6.45) is 1.93. The molecular formula is C19H15BrN2O2S. The van der Waals surface area contributed by atoms with Gasteiger partial charge in [0.1, 0.15) is 5.75 Å². The average Bonchev–Trinajstić information content (AvgIpc) is 3.04. The van der Waals surface area contributed by atoms with Crippen molar-refractivity contribution in [2.45, 2.75) is 12.8 Å². The topological polar surface area (TPSA) is 51.2 Å². The number of methoxy groups -OCH3 is 1. The maximum atomic E-state index is 12.4. The smallest absolute Gasteiger partial charge is 0.257 e. The number of nitrogens with one attached hydrogen (secondary N) is 1. The fourth-order valence-electron chi connectivity index (χ4n) is 2.92. The van der Waals surface area contributed by atoms with E-state index >= 15 is 0 Å². The van der Waals surface area contributed by atoms with E-state index in [0.29, 0.717) is 10.7 Å². The Bertz CT molecular complexity index is 951. The summed E-state index contributed by atoms with van der Waals surface area (Å²) in [5, 5.41) is 3.55. The van der Waals surface area contributed by atoms with Gasteiger partial charge >= 0.3 is 0 Å². The summed E-state index contributed by atoms with van der Waals surface area (Å²) in [6, 6.07) is 13.4. The lowest BCUT2D eigenvalue weighted by molar-refractivity contribution is 0.102. The zero-order chi connectivity index (χ0) is 17.4. The molecule has 1 aliphatic rings. The number of aromatic nitrogens is 1. The molecule has 4 nitrogen and oxygen atoms in total. The number of ether oxygens (including phenoxy) is 1. The number of fused-ring (bicyclic) bond motifs is 3. The lowest BCUT2D eigenvalue weighted by Gasteiger charge is -2.15. The number of amides is 1. The van der Waals surface area contributed by atoms with Crippen molar-refractivity contribution < 1.29 is 9.53 Å². The number of hydrogen-bond acceptors (Lipinski definition) is 4. The largest absolute Gasteiger partial charge is 0.497 e. The molecule has 0 fully saturated rings. The van der Waals surface area contributed by atoms with Crippen LogP contribution in [0.25, 0.3) is 11.3 Å². The molecule has 0 spiro atoms. The summed E-state index contributed by atoms with van der Waals surface area (Å²) in [5.74, 6) is 0.671. The van der Waals surface area contributed by atoms with Gasteiger partial charge in [0.2, 0.25) is 0 Å². The van der Waals surface area contributed by atoms with Crippen molar-refractivity contribution in [2.24, 2.45) is 0 Å². The van der Waals surface area contributed by atoms with E-state index in [2.05, 4.69) is 32.3 Å². The van der Waals surface area contributed by atoms with Crippen molar-refractivity contribution in [3.05, 3.63) is 62.9 Å². The second kappa shape index (κ2) is 6.61. The monoisotopic (exact) mass is 414 g/mol. The third kappa shape index (κ3) is 3.19. The number of anilines is 1. The van der Waals surface area contributed by atoms with E-state index in [1.807, 2.05) is 24.3 Å². The summed E-state index contributed by atoms with van der Waals surface area (Å²) in [5.41, 5.74) is 3.93. The number of carbonyl (C=O) groups is 1. The van der Waals surface area contributed by atoms with Gasteiger partial charge in [-0.25, -0.2) is 4.98 Å². The predicted molar refractivity (Wildman–Crippen MR) is 104 cm³/mol. The van der Waals surface area contributed by atoms with Gasteiger partial charge in [0.15, 0.2) is 5.13 Å². The van der Waals surface area contributed by atoms with E-state index in [1.54, 1.807) is 30.6 Å². The van der Waals surface area contributed by atoms with Crippen molar-refractivity contribution in [3.63, 3.8) is 0 Å². The van der Waals surface area contributed by atoms with E-state index in [9.17, 15) is 4.79 Å². The number of aryl methyl sites for hydroxylation is 2. The number of carbonyl (C=O) groups excluding carboxylic acids is 1. The van der Waals surface area contributed by atoms with Crippen LogP contribution >= 0.6 is 27.3 Å². The minimum atomic E-state index is -0.149. The van der Waals surface area contributed by atoms with Gasteiger partial charge in [-0.3, -0.25) is 10.1 Å². The van der Waals surface area contributed by atoms with Crippen LogP contribution in [0.2, 0.25) is 0 Å². The number of nitrogens with zero attached hydrogens (tertiary/aromatic N) is 1. The molecule has 126 valence electrons. The van der Waals surface area contributed by atoms with Crippen LogP contribution in [0.5, 0.6) is 5.75 Å². The van der Waals surface area contributed by atoms with Crippen molar-refractivity contribution in [2.75, 3.05) is 12.4 Å². The molecule has 1 heterocycles. The highest BCUT2D eigenvalue weighted by atomic mass is 79.9. The van der Waals surface area contributed by atoms with Crippen LogP contribution in [0.4, 0.5) is 5.13 Å². The standard InChI is InChI=1S/C19H15BrN2O2S/c1-24-14-8-4-11-5-9-16-17(15(11)10-14)21-19(25-16)22-18(23)12-2-6-13(20)7-3-12/h2-4,6-8,10H,5,9H2,1H3,(H,21,22,23).